The number of hydrogen-bond acceptors (Lipinski definition) is 3. The molecule has 0 aromatic heterocycles. The molecule has 36 heavy (non-hydrogen) atoms. The van der Waals surface area contributed by atoms with E-state index in [9.17, 15) is 24.9 Å². The number of rotatable bonds is 10. The van der Waals surface area contributed by atoms with Crippen LogP contribution in [-0.2, 0) is 9.59 Å². The summed E-state index contributed by atoms with van der Waals surface area (Å²) in [5, 5.41) is 31.2. The van der Waals surface area contributed by atoms with Crippen LogP contribution in [0.15, 0.2) is 47.6 Å². The predicted molar refractivity (Wildman–Crippen MR) is 143 cm³/mol. The van der Waals surface area contributed by atoms with Crippen LogP contribution < -0.4 is 0 Å². The molecule has 0 saturated heterocycles. The molecule has 3 N–H and O–H groups in total. The van der Waals surface area contributed by atoms with E-state index in [2.05, 4.69) is 59.9 Å². The monoisotopic (exact) mass is 498 g/mol. The molecular formula is C31H46O5. The number of carboxylic acids is 2. The van der Waals surface area contributed by atoms with E-state index in [0.717, 1.165) is 17.6 Å². The van der Waals surface area contributed by atoms with Crippen molar-refractivity contribution in [3.8, 4) is 0 Å². The molecule has 3 aliphatic rings. The van der Waals surface area contributed by atoms with Crippen molar-refractivity contribution in [1.82, 2.24) is 0 Å². The van der Waals surface area contributed by atoms with Crippen LogP contribution in [0.1, 0.15) is 86.5 Å². The third kappa shape index (κ3) is 4.53. The summed E-state index contributed by atoms with van der Waals surface area (Å²) in [6, 6.07) is 0. The minimum Gasteiger partial charge on any atom is -0.481 e. The SMILES string of the molecule is C=C(CC[C@@H](C(=O)O)[C@@H]1[C@H](O)C[C@@]2(C)C3=CC[C@@H](C(=C)C)[C@](C)(CCC(=O)O)C3=CC[C@]12C)C(C)C. The molecule has 1 saturated carbocycles. The smallest absolute Gasteiger partial charge is 0.306 e. The number of carboxylic acid groups (broad SMARTS) is 2. The molecule has 1 fully saturated rings. The van der Waals surface area contributed by atoms with Crippen molar-refractivity contribution in [1.29, 1.82) is 0 Å². The van der Waals surface area contributed by atoms with E-state index in [1.54, 1.807) is 0 Å². The minimum atomic E-state index is -0.845. The molecule has 0 aromatic carbocycles. The third-order valence-corrected chi connectivity index (χ3v) is 10.4. The Labute approximate surface area is 217 Å². The summed E-state index contributed by atoms with van der Waals surface area (Å²) in [5.74, 6) is -2.22. The van der Waals surface area contributed by atoms with E-state index in [1.807, 2.05) is 6.92 Å². The van der Waals surface area contributed by atoms with Crippen LogP contribution in [-0.4, -0.2) is 33.4 Å². The maximum atomic E-state index is 12.6. The number of allylic oxidation sites excluding steroid dienone is 6. The first-order chi connectivity index (χ1) is 16.6. The summed E-state index contributed by atoms with van der Waals surface area (Å²) in [5.41, 5.74) is 3.28. The van der Waals surface area contributed by atoms with Crippen molar-refractivity contribution in [2.24, 2.45) is 39.9 Å². The second kappa shape index (κ2) is 9.96. The number of fused-ring (bicyclic) bond motifs is 3. The van der Waals surface area contributed by atoms with Crippen molar-refractivity contribution >= 4 is 11.9 Å². The van der Waals surface area contributed by atoms with Crippen LogP contribution in [0.25, 0.3) is 0 Å². The molecule has 5 nitrogen and oxygen atoms in total. The van der Waals surface area contributed by atoms with Gasteiger partial charge in [-0.25, -0.2) is 0 Å². The number of carbonyl (C=O) groups is 2. The van der Waals surface area contributed by atoms with Gasteiger partial charge >= 0.3 is 11.9 Å². The molecule has 5 heteroatoms. The largest absolute Gasteiger partial charge is 0.481 e. The highest BCUT2D eigenvalue weighted by Gasteiger charge is 2.65. The average Bonchev–Trinajstić information content (AvgIpc) is 2.98. The molecule has 0 radical (unpaired) electrons. The number of aliphatic hydroxyl groups is 1. The van der Waals surface area contributed by atoms with E-state index < -0.39 is 34.8 Å². The van der Waals surface area contributed by atoms with Crippen molar-refractivity contribution in [3.63, 3.8) is 0 Å². The highest BCUT2D eigenvalue weighted by Crippen LogP contribution is 2.70. The zero-order valence-electron chi connectivity index (χ0n) is 23.1. The predicted octanol–water partition coefficient (Wildman–Crippen LogP) is 6.80. The summed E-state index contributed by atoms with van der Waals surface area (Å²) in [4.78, 5) is 24.1. The van der Waals surface area contributed by atoms with Crippen LogP contribution in [0.2, 0.25) is 0 Å². The number of aliphatic hydroxyl groups excluding tert-OH is 1. The molecule has 0 amide bonds. The number of aliphatic carboxylic acids is 2. The van der Waals surface area contributed by atoms with E-state index in [4.69, 9.17) is 0 Å². The lowest BCUT2D eigenvalue weighted by Gasteiger charge is -2.56. The molecule has 0 aliphatic heterocycles. The summed E-state index contributed by atoms with van der Waals surface area (Å²) < 4.78 is 0. The highest BCUT2D eigenvalue weighted by molar-refractivity contribution is 5.71. The van der Waals surface area contributed by atoms with Crippen molar-refractivity contribution < 1.29 is 24.9 Å². The van der Waals surface area contributed by atoms with E-state index in [0.29, 0.717) is 38.0 Å². The van der Waals surface area contributed by atoms with Crippen LogP contribution in [0.3, 0.4) is 0 Å². The fraction of sp³-hybridized carbons (Fsp3) is 0.677. The first-order valence-corrected chi connectivity index (χ1v) is 13.5. The van der Waals surface area contributed by atoms with Crippen molar-refractivity contribution in [2.45, 2.75) is 92.6 Å². The van der Waals surface area contributed by atoms with Gasteiger partial charge in [0, 0.05) is 17.8 Å². The van der Waals surface area contributed by atoms with Gasteiger partial charge in [0.25, 0.3) is 0 Å². The molecule has 7 atom stereocenters. The summed E-state index contributed by atoms with van der Waals surface area (Å²) in [6.07, 6.45) is 7.48. The minimum absolute atomic E-state index is 0.0883. The first-order valence-electron chi connectivity index (χ1n) is 13.5. The highest BCUT2D eigenvalue weighted by atomic mass is 16.4. The summed E-state index contributed by atoms with van der Waals surface area (Å²) in [6.45, 7) is 21.1. The molecule has 3 rings (SSSR count). The van der Waals surface area contributed by atoms with Gasteiger partial charge in [0.2, 0.25) is 0 Å². The fourth-order valence-corrected chi connectivity index (χ4v) is 7.85. The lowest BCUT2D eigenvalue weighted by molar-refractivity contribution is -0.148. The van der Waals surface area contributed by atoms with Gasteiger partial charge in [-0.2, -0.15) is 0 Å². The quantitative estimate of drug-likeness (QED) is 0.288. The van der Waals surface area contributed by atoms with Gasteiger partial charge in [-0.15, -0.1) is 0 Å². The zero-order chi connectivity index (χ0) is 27.2. The van der Waals surface area contributed by atoms with Crippen LogP contribution in [0.4, 0.5) is 0 Å². The third-order valence-electron chi connectivity index (χ3n) is 10.4. The molecule has 0 aromatic rings. The van der Waals surface area contributed by atoms with Crippen LogP contribution in [0, 0.1) is 39.9 Å². The Morgan fingerprint density at radius 1 is 1.08 bits per heavy atom. The Bertz CT molecular complexity index is 1000. The van der Waals surface area contributed by atoms with Gasteiger partial charge in [0.05, 0.1) is 12.0 Å². The Kier molecular flexibility index (Phi) is 7.87. The second-order valence-corrected chi connectivity index (χ2v) is 12.7. The summed E-state index contributed by atoms with van der Waals surface area (Å²) >= 11 is 0. The van der Waals surface area contributed by atoms with Gasteiger partial charge in [-0.05, 0) is 79.3 Å². The van der Waals surface area contributed by atoms with Gasteiger partial charge in [0.15, 0.2) is 0 Å². The van der Waals surface area contributed by atoms with Crippen LogP contribution in [0.5, 0.6) is 0 Å². The molecule has 0 spiro atoms. The van der Waals surface area contributed by atoms with Crippen LogP contribution >= 0.6 is 0 Å². The maximum absolute atomic E-state index is 12.6. The standard InChI is InChI=1S/C31H46O5/c1-18(2)20(5)9-10-21(28(35)36)27-25(32)17-31(8)24-12-11-22(19(3)4)29(6,15-14-26(33)34)23(24)13-16-30(27,31)7/h12-13,18,21-22,25,27,32H,3,5,9-11,14-17H2,1-2,4,6-8H3,(H,33,34)(H,35,36)/t21-,22+,25-,27-,29+,30-,31+/m1/s1. The van der Waals surface area contributed by atoms with E-state index >= 15 is 0 Å². The zero-order valence-corrected chi connectivity index (χ0v) is 23.1. The Morgan fingerprint density at radius 2 is 1.72 bits per heavy atom. The van der Waals surface area contributed by atoms with E-state index in [-0.39, 0.29) is 23.7 Å². The van der Waals surface area contributed by atoms with E-state index in [1.165, 1.54) is 11.1 Å². The molecule has 0 unspecified atom stereocenters. The lowest BCUT2D eigenvalue weighted by atomic mass is 9.48. The Morgan fingerprint density at radius 3 is 2.25 bits per heavy atom. The summed E-state index contributed by atoms with van der Waals surface area (Å²) in [7, 11) is 0. The average molecular weight is 499 g/mol. The normalized spacial score (nSPS) is 36.4. The fourth-order valence-electron chi connectivity index (χ4n) is 7.85. The van der Waals surface area contributed by atoms with Gasteiger partial charge < -0.3 is 15.3 Å². The Hall–Kier alpha value is -2.14. The van der Waals surface area contributed by atoms with Gasteiger partial charge in [0.1, 0.15) is 0 Å². The maximum Gasteiger partial charge on any atom is 0.306 e. The molecule has 0 bridgehead atoms. The second-order valence-electron chi connectivity index (χ2n) is 12.7. The molecular weight excluding hydrogens is 452 g/mol. The van der Waals surface area contributed by atoms with Crippen molar-refractivity contribution in [3.05, 3.63) is 47.6 Å². The topological polar surface area (TPSA) is 94.8 Å². The van der Waals surface area contributed by atoms with Crippen molar-refractivity contribution in [2.75, 3.05) is 0 Å². The Balaban J connectivity index is 2.05. The lowest BCUT2D eigenvalue weighted by Crippen LogP contribution is -2.48. The van der Waals surface area contributed by atoms with Gasteiger partial charge in [-0.3, -0.25) is 9.59 Å². The van der Waals surface area contributed by atoms with Gasteiger partial charge in [-0.1, -0.05) is 71.1 Å². The molecule has 200 valence electrons. The first kappa shape index (κ1) is 28.4. The molecule has 0 heterocycles. The molecule has 3 aliphatic carbocycles. The number of hydrogen-bond donors (Lipinski definition) is 3.